The molecule has 26 heavy (non-hydrogen) atoms. The van der Waals surface area contributed by atoms with Gasteiger partial charge < -0.3 is 10.1 Å². The van der Waals surface area contributed by atoms with Crippen LogP contribution in [0.5, 0.6) is 0 Å². The molecule has 1 atom stereocenters. The zero-order chi connectivity index (χ0) is 19.3. The van der Waals surface area contributed by atoms with Gasteiger partial charge in [-0.15, -0.1) is 0 Å². The predicted molar refractivity (Wildman–Crippen MR) is 94.5 cm³/mol. The van der Waals surface area contributed by atoms with Crippen LogP contribution >= 0.6 is 0 Å². The average molecular weight is 361 g/mol. The first kappa shape index (κ1) is 19.6. The third kappa shape index (κ3) is 4.88. The molecule has 0 bridgehead atoms. The maximum atomic E-state index is 14.4. The van der Waals surface area contributed by atoms with E-state index in [-0.39, 0.29) is 17.3 Å². The van der Waals surface area contributed by atoms with E-state index in [0.29, 0.717) is 17.5 Å². The molecule has 0 aliphatic rings. The van der Waals surface area contributed by atoms with E-state index in [9.17, 15) is 18.4 Å². The van der Waals surface area contributed by atoms with Crippen molar-refractivity contribution >= 4 is 11.9 Å². The van der Waals surface area contributed by atoms with E-state index < -0.39 is 23.7 Å². The van der Waals surface area contributed by atoms with Crippen molar-refractivity contribution in [2.45, 2.75) is 26.3 Å². The Morgan fingerprint density at radius 3 is 2.19 bits per heavy atom. The summed E-state index contributed by atoms with van der Waals surface area (Å²) in [4.78, 5) is 24.2. The Kier molecular flexibility index (Phi) is 6.44. The van der Waals surface area contributed by atoms with Crippen molar-refractivity contribution in [2.75, 3.05) is 7.11 Å². The number of halogens is 2. The number of carbonyl (C=O) groups excluding carboxylic acids is 2. The smallest absolute Gasteiger partial charge is 0.328 e. The molecule has 0 spiro atoms. The van der Waals surface area contributed by atoms with E-state index in [1.54, 1.807) is 6.07 Å². The minimum absolute atomic E-state index is 0.144. The first-order chi connectivity index (χ1) is 12.3. The number of rotatable bonds is 6. The van der Waals surface area contributed by atoms with Crippen molar-refractivity contribution in [3.63, 3.8) is 0 Å². The Balaban J connectivity index is 2.20. The van der Waals surface area contributed by atoms with Crippen LogP contribution in [0.15, 0.2) is 42.5 Å². The second-order valence-electron chi connectivity index (χ2n) is 6.38. The summed E-state index contributed by atoms with van der Waals surface area (Å²) in [6.45, 7) is 3.81. The molecule has 0 radical (unpaired) electrons. The lowest BCUT2D eigenvalue weighted by Gasteiger charge is -2.18. The molecular weight excluding hydrogens is 340 g/mol. The lowest BCUT2D eigenvalue weighted by Crippen LogP contribution is -2.42. The molecule has 0 fully saturated rings. The van der Waals surface area contributed by atoms with Crippen molar-refractivity contribution in [3.05, 3.63) is 59.7 Å². The topological polar surface area (TPSA) is 55.4 Å². The molecule has 0 aromatic heterocycles. The molecule has 0 saturated heterocycles. The van der Waals surface area contributed by atoms with Gasteiger partial charge in [0.1, 0.15) is 17.7 Å². The summed E-state index contributed by atoms with van der Waals surface area (Å²) in [7, 11) is 1.24. The van der Waals surface area contributed by atoms with E-state index >= 15 is 0 Å². The van der Waals surface area contributed by atoms with E-state index in [1.807, 2.05) is 13.8 Å². The van der Waals surface area contributed by atoms with Crippen LogP contribution in [0, 0.1) is 17.6 Å². The van der Waals surface area contributed by atoms with Gasteiger partial charge >= 0.3 is 5.97 Å². The number of nitrogens with one attached hydrogen (secondary N) is 1. The fourth-order valence-corrected chi connectivity index (χ4v) is 2.58. The maximum Gasteiger partial charge on any atom is 0.328 e. The summed E-state index contributed by atoms with van der Waals surface area (Å²) in [6.07, 6.45) is 0.383. The lowest BCUT2D eigenvalue weighted by molar-refractivity contribution is -0.143. The second kappa shape index (κ2) is 8.56. The molecule has 0 aliphatic heterocycles. The Hall–Kier alpha value is -2.76. The largest absolute Gasteiger partial charge is 0.467 e. The number of carbonyl (C=O) groups is 2. The average Bonchev–Trinajstić information content (AvgIpc) is 2.60. The third-order valence-corrected chi connectivity index (χ3v) is 3.89. The Morgan fingerprint density at radius 1 is 1.04 bits per heavy atom. The van der Waals surface area contributed by atoms with Gasteiger partial charge in [0, 0.05) is 0 Å². The zero-order valence-corrected chi connectivity index (χ0v) is 14.9. The molecule has 4 nitrogen and oxygen atoms in total. The minimum Gasteiger partial charge on any atom is -0.467 e. The fraction of sp³-hybridized carbons (Fsp3) is 0.300. The highest BCUT2D eigenvalue weighted by molar-refractivity contribution is 5.97. The zero-order valence-electron chi connectivity index (χ0n) is 14.9. The molecule has 6 heteroatoms. The highest BCUT2D eigenvalue weighted by Crippen LogP contribution is 2.22. The molecule has 0 aliphatic carbocycles. The Morgan fingerprint density at radius 2 is 1.65 bits per heavy atom. The van der Waals surface area contributed by atoms with E-state index in [2.05, 4.69) is 10.1 Å². The van der Waals surface area contributed by atoms with Gasteiger partial charge in [-0.05, 0) is 47.7 Å². The standard InChI is InChI=1S/C20H21F2NO3/c1-12(2)10-18(20(25)26-3)23-19(24)16-9-6-14(11-17(16)22)13-4-7-15(21)8-5-13/h4-9,11-12,18H,10H2,1-3H3,(H,23,24). The predicted octanol–water partition coefficient (Wildman–Crippen LogP) is 3.95. The van der Waals surface area contributed by atoms with Crippen molar-refractivity contribution in [1.82, 2.24) is 5.32 Å². The summed E-state index contributed by atoms with van der Waals surface area (Å²) in [5.74, 6) is -2.23. The van der Waals surface area contributed by atoms with Crippen molar-refractivity contribution in [3.8, 4) is 11.1 Å². The van der Waals surface area contributed by atoms with Crippen LogP contribution < -0.4 is 5.32 Å². The third-order valence-electron chi connectivity index (χ3n) is 3.89. The SMILES string of the molecule is COC(=O)C(CC(C)C)NC(=O)c1ccc(-c2ccc(F)cc2)cc1F. The number of esters is 1. The summed E-state index contributed by atoms with van der Waals surface area (Å²) < 4.78 is 32.1. The molecule has 138 valence electrons. The van der Waals surface area contributed by atoms with Crippen LogP contribution in [-0.4, -0.2) is 25.0 Å². The number of methoxy groups -OCH3 is 1. The van der Waals surface area contributed by atoms with E-state index in [1.165, 1.54) is 43.5 Å². The summed E-state index contributed by atoms with van der Waals surface area (Å²) in [6, 6.07) is 8.88. The van der Waals surface area contributed by atoms with Crippen molar-refractivity contribution < 1.29 is 23.1 Å². The molecule has 1 unspecified atom stereocenters. The fourth-order valence-electron chi connectivity index (χ4n) is 2.58. The van der Waals surface area contributed by atoms with Crippen LogP contribution in [0.1, 0.15) is 30.6 Å². The number of hydrogen-bond acceptors (Lipinski definition) is 3. The van der Waals surface area contributed by atoms with Gasteiger partial charge in [-0.25, -0.2) is 13.6 Å². The molecular formula is C20H21F2NO3. The Labute approximate surface area is 151 Å². The van der Waals surface area contributed by atoms with Gasteiger partial charge in [-0.3, -0.25) is 4.79 Å². The normalized spacial score (nSPS) is 11.9. The van der Waals surface area contributed by atoms with Gasteiger partial charge in [-0.1, -0.05) is 32.0 Å². The van der Waals surface area contributed by atoms with Gasteiger partial charge in [-0.2, -0.15) is 0 Å². The molecule has 0 heterocycles. The highest BCUT2D eigenvalue weighted by Gasteiger charge is 2.24. The van der Waals surface area contributed by atoms with Crippen molar-refractivity contribution in [2.24, 2.45) is 5.92 Å². The van der Waals surface area contributed by atoms with Crippen LogP contribution in [-0.2, 0) is 9.53 Å². The van der Waals surface area contributed by atoms with Gasteiger partial charge in [0.25, 0.3) is 5.91 Å². The van der Waals surface area contributed by atoms with E-state index in [4.69, 9.17) is 0 Å². The van der Waals surface area contributed by atoms with Crippen LogP contribution in [0.2, 0.25) is 0 Å². The molecule has 2 aromatic rings. The maximum absolute atomic E-state index is 14.4. The lowest BCUT2D eigenvalue weighted by atomic mass is 10.0. The molecule has 2 aromatic carbocycles. The number of benzene rings is 2. The molecule has 1 N–H and O–H groups in total. The van der Waals surface area contributed by atoms with Crippen LogP contribution in [0.3, 0.4) is 0 Å². The van der Waals surface area contributed by atoms with Crippen molar-refractivity contribution in [1.29, 1.82) is 0 Å². The second-order valence-corrected chi connectivity index (χ2v) is 6.38. The summed E-state index contributed by atoms with van der Waals surface area (Å²) in [5, 5.41) is 2.52. The Bertz CT molecular complexity index is 788. The monoisotopic (exact) mass is 361 g/mol. The van der Waals surface area contributed by atoms with E-state index in [0.717, 1.165) is 0 Å². The molecule has 0 saturated carbocycles. The summed E-state index contributed by atoms with van der Waals surface area (Å²) >= 11 is 0. The first-order valence-corrected chi connectivity index (χ1v) is 8.26. The first-order valence-electron chi connectivity index (χ1n) is 8.26. The number of ether oxygens (including phenoxy) is 1. The van der Waals surface area contributed by atoms with Crippen LogP contribution in [0.4, 0.5) is 8.78 Å². The van der Waals surface area contributed by atoms with Gasteiger partial charge in [0.2, 0.25) is 0 Å². The molecule has 2 rings (SSSR count). The minimum atomic E-state index is -0.844. The summed E-state index contributed by atoms with van der Waals surface area (Å²) in [5.41, 5.74) is 0.976. The van der Waals surface area contributed by atoms with Gasteiger partial charge in [0.05, 0.1) is 12.7 Å². The van der Waals surface area contributed by atoms with Gasteiger partial charge in [0.15, 0.2) is 0 Å². The quantitative estimate of drug-likeness (QED) is 0.793. The number of hydrogen-bond donors (Lipinski definition) is 1. The molecule has 1 amide bonds. The van der Waals surface area contributed by atoms with Crippen LogP contribution in [0.25, 0.3) is 11.1 Å². The highest BCUT2D eigenvalue weighted by atomic mass is 19.1. The number of amides is 1.